The average molecular weight is 531 g/mol. The molecule has 1 unspecified atom stereocenters. The molecular weight excluding hydrogens is 492 g/mol. The van der Waals surface area contributed by atoms with E-state index < -0.39 is 5.97 Å². The Morgan fingerprint density at radius 1 is 0.923 bits per heavy atom. The number of carbonyl (C=O) groups is 1. The summed E-state index contributed by atoms with van der Waals surface area (Å²) in [4.78, 5) is 11.1. The Bertz CT molecular complexity index is 1270. The number of hydrogen-bond acceptors (Lipinski definition) is 5. The minimum absolute atomic E-state index is 0.0702. The lowest BCUT2D eigenvalue weighted by Gasteiger charge is -2.22. The molecule has 3 aromatic carbocycles. The molecule has 0 radical (unpaired) electrons. The van der Waals surface area contributed by atoms with Gasteiger partial charge in [0.05, 0.1) is 25.7 Å². The van der Waals surface area contributed by atoms with Crippen LogP contribution in [0.2, 0.25) is 0 Å². The van der Waals surface area contributed by atoms with Crippen molar-refractivity contribution >= 4 is 5.97 Å². The van der Waals surface area contributed by atoms with Crippen molar-refractivity contribution in [3.8, 4) is 28.4 Å². The Kier molecular flexibility index (Phi) is 8.72. The third kappa shape index (κ3) is 6.93. The standard InChI is InChI=1S/C33H38O6/c1-22-15-29(37-14-13-36-27-9-4-3-5-10-27)16-23(2)33(22)25-8-6-7-24(17-25)20-38-28-11-12-30-26(18-32(34)35)21-39-31(30)19-28/h6-8,11-12,15-17,19,26-27H,3-5,9-10,13-14,18,20-21H2,1-2H3,(H,34,35). The number of carboxylic acids is 1. The van der Waals surface area contributed by atoms with Gasteiger partial charge >= 0.3 is 5.97 Å². The summed E-state index contributed by atoms with van der Waals surface area (Å²) in [6.07, 6.45) is 6.70. The molecule has 206 valence electrons. The van der Waals surface area contributed by atoms with Crippen molar-refractivity contribution in [2.24, 2.45) is 0 Å². The van der Waals surface area contributed by atoms with Gasteiger partial charge in [0.2, 0.25) is 0 Å². The van der Waals surface area contributed by atoms with Gasteiger partial charge in [0, 0.05) is 17.5 Å². The van der Waals surface area contributed by atoms with Crippen molar-refractivity contribution in [3.05, 3.63) is 76.9 Å². The maximum Gasteiger partial charge on any atom is 0.304 e. The zero-order chi connectivity index (χ0) is 27.2. The molecule has 1 aliphatic heterocycles. The number of benzene rings is 3. The van der Waals surface area contributed by atoms with Crippen LogP contribution in [-0.4, -0.2) is 37.0 Å². The molecule has 0 amide bonds. The van der Waals surface area contributed by atoms with E-state index >= 15 is 0 Å². The number of fused-ring (bicyclic) bond motifs is 1. The van der Waals surface area contributed by atoms with Crippen LogP contribution in [0.1, 0.15) is 66.7 Å². The molecule has 6 heteroatoms. The maximum absolute atomic E-state index is 11.1. The second-order valence-electron chi connectivity index (χ2n) is 10.7. The zero-order valence-corrected chi connectivity index (χ0v) is 22.9. The van der Waals surface area contributed by atoms with E-state index in [-0.39, 0.29) is 12.3 Å². The predicted octanol–water partition coefficient (Wildman–Crippen LogP) is 7.23. The van der Waals surface area contributed by atoms with Crippen molar-refractivity contribution in [2.45, 2.75) is 71.0 Å². The number of carboxylic acid groups (broad SMARTS) is 1. The highest BCUT2D eigenvalue weighted by Gasteiger charge is 2.26. The van der Waals surface area contributed by atoms with Crippen LogP contribution in [0, 0.1) is 13.8 Å². The van der Waals surface area contributed by atoms with E-state index in [1.807, 2.05) is 18.2 Å². The molecule has 1 heterocycles. The molecule has 1 N–H and O–H groups in total. The van der Waals surface area contributed by atoms with Crippen molar-refractivity contribution in [1.29, 1.82) is 0 Å². The number of rotatable bonds is 11. The monoisotopic (exact) mass is 530 g/mol. The zero-order valence-electron chi connectivity index (χ0n) is 22.9. The molecule has 1 fully saturated rings. The van der Waals surface area contributed by atoms with Crippen LogP contribution in [-0.2, 0) is 16.1 Å². The second-order valence-corrected chi connectivity index (χ2v) is 10.7. The smallest absolute Gasteiger partial charge is 0.304 e. The fourth-order valence-corrected chi connectivity index (χ4v) is 5.78. The van der Waals surface area contributed by atoms with Crippen molar-refractivity contribution in [1.82, 2.24) is 0 Å². The summed E-state index contributed by atoms with van der Waals surface area (Å²) in [5.74, 6) is 1.37. The van der Waals surface area contributed by atoms with Gasteiger partial charge < -0.3 is 24.1 Å². The largest absolute Gasteiger partial charge is 0.492 e. The van der Waals surface area contributed by atoms with Crippen molar-refractivity contribution < 1.29 is 28.8 Å². The maximum atomic E-state index is 11.1. The minimum Gasteiger partial charge on any atom is -0.492 e. The van der Waals surface area contributed by atoms with Crippen molar-refractivity contribution in [3.63, 3.8) is 0 Å². The van der Waals surface area contributed by atoms with Crippen LogP contribution < -0.4 is 14.2 Å². The summed E-state index contributed by atoms with van der Waals surface area (Å²) in [7, 11) is 0. The summed E-state index contributed by atoms with van der Waals surface area (Å²) in [5.41, 5.74) is 6.69. The Hall–Kier alpha value is -3.51. The fraction of sp³-hybridized carbons (Fsp3) is 0.424. The van der Waals surface area contributed by atoms with Gasteiger partial charge in [0.25, 0.3) is 0 Å². The highest BCUT2D eigenvalue weighted by atomic mass is 16.5. The van der Waals surface area contributed by atoms with Crippen LogP contribution in [0.15, 0.2) is 54.6 Å². The molecule has 2 aliphatic rings. The van der Waals surface area contributed by atoms with E-state index in [1.54, 1.807) is 0 Å². The van der Waals surface area contributed by atoms with E-state index in [2.05, 4.69) is 50.2 Å². The summed E-state index contributed by atoms with van der Waals surface area (Å²) < 4.78 is 23.8. The van der Waals surface area contributed by atoms with Crippen molar-refractivity contribution in [2.75, 3.05) is 19.8 Å². The van der Waals surface area contributed by atoms with Gasteiger partial charge in [-0.2, -0.15) is 0 Å². The van der Waals surface area contributed by atoms with E-state index in [4.69, 9.17) is 24.1 Å². The van der Waals surface area contributed by atoms with Crippen LogP contribution in [0.3, 0.4) is 0 Å². The minimum atomic E-state index is -0.816. The number of ether oxygens (including phenoxy) is 4. The SMILES string of the molecule is Cc1cc(OCCOC2CCCCC2)cc(C)c1-c1cccc(COc2ccc3c(c2)OCC3CC(=O)O)c1. The van der Waals surface area contributed by atoms with Crippen LogP contribution in [0.4, 0.5) is 0 Å². The van der Waals surface area contributed by atoms with Gasteiger partial charge in [0.1, 0.15) is 30.5 Å². The van der Waals surface area contributed by atoms with Crippen LogP contribution in [0.25, 0.3) is 11.1 Å². The number of aryl methyl sites for hydroxylation is 2. The molecular formula is C33H38O6. The van der Waals surface area contributed by atoms with Crippen LogP contribution in [0.5, 0.6) is 17.2 Å². The molecule has 0 bridgehead atoms. The third-order valence-corrected chi connectivity index (χ3v) is 7.67. The Balaban J connectivity index is 1.19. The fourth-order valence-electron chi connectivity index (χ4n) is 5.78. The summed E-state index contributed by atoms with van der Waals surface area (Å²) in [5, 5.41) is 9.11. The molecule has 0 spiro atoms. The molecule has 0 aromatic heterocycles. The lowest BCUT2D eigenvalue weighted by Crippen LogP contribution is -2.19. The summed E-state index contributed by atoms with van der Waals surface area (Å²) in [6, 6.07) is 18.3. The van der Waals surface area contributed by atoms with Gasteiger partial charge in [-0.25, -0.2) is 0 Å². The number of hydrogen-bond donors (Lipinski definition) is 1. The van der Waals surface area contributed by atoms with E-state index in [1.165, 1.54) is 48.8 Å². The Labute approximate surface area is 230 Å². The molecule has 1 saturated carbocycles. The highest BCUT2D eigenvalue weighted by Crippen LogP contribution is 2.38. The van der Waals surface area contributed by atoms with E-state index in [0.717, 1.165) is 22.4 Å². The van der Waals surface area contributed by atoms with Gasteiger partial charge in [-0.05, 0) is 78.8 Å². The third-order valence-electron chi connectivity index (χ3n) is 7.67. The van der Waals surface area contributed by atoms with E-state index in [9.17, 15) is 4.79 Å². The summed E-state index contributed by atoms with van der Waals surface area (Å²) >= 11 is 0. The Morgan fingerprint density at radius 3 is 2.49 bits per heavy atom. The van der Waals surface area contributed by atoms with Gasteiger partial charge in [-0.3, -0.25) is 4.79 Å². The first-order valence-electron chi connectivity index (χ1n) is 14.0. The van der Waals surface area contributed by atoms with Gasteiger partial charge in [-0.1, -0.05) is 43.5 Å². The number of aliphatic carboxylic acids is 1. The molecule has 0 saturated heterocycles. The first kappa shape index (κ1) is 27.1. The molecule has 5 rings (SSSR count). The Morgan fingerprint density at radius 2 is 1.72 bits per heavy atom. The quantitative estimate of drug-likeness (QED) is 0.264. The predicted molar refractivity (Wildman–Crippen MR) is 151 cm³/mol. The van der Waals surface area contributed by atoms with Crippen LogP contribution >= 0.6 is 0 Å². The summed E-state index contributed by atoms with van der Waals surface area (Å²) in [6.45, 7) is 6.26. The second kappa shape index (κ2) is 12.6. The van der Waals surface area contributed by atoms with E-state index in [0.29, 0.717) is 44.0 Å². The molecule has 6 nitrogen and oxygen atoms in total. The molecule has 1 aliphatic carbocycles. The first-order chi connectivity index (χ1) is 19.0. The first-order valence-corrected chi connectivity index (χ1v) is 14.0. The molecule has 3 aromatic rings. The average Bonchev–Trinajstić information content (AvgIpc) is 3.31. The topological polar surface area (TPSA) is 74.2 Å². The normalized spacial score (nSPS) is 16.9. The van der Waals surface area contributed by atoms with Gasteiger partial charge in [0.15, 0.2) is 0 Å². The highest BCUT2D eigenvalue weighted by molar-refractivity contribution is 5.72. The lowest BCUT2D eigenvalue weighted by atomic mass is 9.94. The van der Waals surface area contributed by atoms with Gasteiger partial charge in [-0.15, -0.1) is 0 Å². The lowest BCUT2D eigenvalue weighted by molar-refractivity contribution is -0.137. The molecule has 39 heavy (non-hydrogen) atoms. The molecule has 1 atom stereocenters.